The Morgan fingerprint density at radius 1 is 1.32 bits per heavy atom. The van der Waals surface area contributed by atoms with Gasteiger partial charge in [0.1, 0.15) is 0 Å². The molecule has 1 amide bonds. The van der Waals surface area contributed by atoms with E-state index in [1.165, 1.54) is 6.39 Å². The lowest BCUT2D eigenvalue weighted by Crippen LogP contribution is -2.27. The quantitative estimate of drug-likeness (QED) is 0.869. The Bertz CT molecular complexity index is 771. The SMILES string of the molecule is NS(=O)(=O)CC1CC(=O)N(c2ccc(-c3nnco3)cc2)C1. The van der Waals surface area contributed by atoms with E-state index in [2.05, 4.69) is 10.2 Å². The van der Waals surface area contributed by atoms with Crippen LogP contribution < -0.4 is 10.0 Å². The number of sulfonamides is 1. The molecule has 1 aromatic carbocycles. The van der Waals surface area contributed by atoms with Crippen molar-refractivity contribution in [3.8, 4) is 11.5 Å². The van der Waals surface area contributed by atoms with E-state index in [-0.39, 0.29) is 24.0 Å². The van der Waals surface area contributed by atoms with Crippen LogP contribution in [0.4, 0.5) is 5.69 Å². The van der Waals surface area contributed by atoms with Gasteiger partial charge >= 0.3 is 0 Å². The number of primary sulfonamides is 1. The molecule has 8 nitrogen and oxygen atoms in total. The van der Waals surface area contributed by atoms with E-state index in [0.29, 0.717) is 18.1 Å². The molecule has 1 unspecified atom stereocenters. The number of nitrogens with two attached hydrogens (primary N) is 1. The van der Waals surface area contributed by atoms with Crippen molar-refractivity contribution in [1.29, 1.82) is 0 Å². The van der Waals surface area contributed by atoms with Crippen LogP contribution in [0.3, 0.4) is 0 Å². The maximum Gasteiger partial charge on any atom is 0.247 e. The summed E-state index contributed by atoms with van der Waals surface area (Å²) in [5.74, 6) is -0.182. The van der Waals surface area contributed by atoms with Gasteiger partial charge in [-0.1, -0.05) is 0 Å². The molecule has 3 rings (SSSR count). The zero-order valence-corrected chi connectivity index (χ0v) is 12.4. The molecule has 2 aromatic rings. The Morgan fingerprint density at radius 3 is 2.64 bits per heavy atom. The van der Waals surface area contributed by atoms with Gasteiger partial charge in [-0.3, -0.25) is 4.79 Å². The lowest BCUT2D eigenvalue weighted by Gasteiger charge is -2.16. The fourth-order valence-electron chi connectivity index (χ4n) is 2.55. The first-order valence-corrected chi connectivity index (χ1v) is 8.31. The summed E-state index contributed by atoms with van der Waals surface area (Å²) in [5.41, 5.74) is 1.44. The first-order valence-electron chi connectivity index (χ1n) is 6.60. The van der Waals surface area contributed by atoms with E-state index < -0.39 is 10.0 Å². The summed E-state index contributed by atoms with van der Waals surface area (Å²) in [6, 6.07) is 7.06. The summed E-state index contributed by atoms with van der Waals surface area (Å²) in [5, 5.41) is 12.4. The minimum Gasteiger partial charge on any atom is -0.423 e. The minimum atomic E-state index is -3.58. The molecule has 1 atom stereocenters. The summed E-state index contributed by atoms with van der Waals surface area (Å²) in [7, 11) is -3.58. The molecule has 1 saturated heterocycles. The van der Waals surface area contributed by atoms with Gasteiger partial charge in [-0.2, -0.15) is 0 Å². The van der Waals surface area contributed by atoms with Gasteiger partial charge in [-0.05, 0) is 24.3 Å². The monoisotopic (exact) mass is 322 g/mol. The van der Waals surface area contributed by atoms with Crippen LogP contribution in [0, 0.1) is 5.92 Å². The second kappa shape index (κ2) is 5.50. The Morgan fingerprint density at radius 2 is 2.05 bits per heavy atom. The highest BCUT2D eigenvalue weighted by atomic mass is 32.2. The maximum absolute atomic E-state index is 12.0. The Labute approximate surface area is 127 Å². The minimum absolute atomic E-state index is 0.112. The molecule has 0 aliphatic carbocycles. The van der Waals surface area contributed by atoms with Crippen molar-refractivity contribution in [2.45, 2.75) is 6.42 Å². The predicted octanol–water partition coefficient (Wildman–Crippen LogP) is 0.378. The topological polar surface area (TPSA) is 119 Å². The molecule has 0 saturated carbocycles. The number of hydrogen-bond donors (Lipinski definition) is 1. The van der Waals surface area contributed by atoms with Crippen LogP contribution in [0.5, 0.6) is 0 Å². The lowest BCUT2D eigenvalue weighted by atomic mass is 10.1. The van der Waals surface area contributed by atoms with Gasteiger partial charge in [0, 0.05) is 30.1 Å². The third-order valence-corrected chi connectivity index (χ3v) is 4.40. The fraction of sp³-hybridized carbons (Fsp3) is 0.308. The summed E-state index contributed by atoms with van der Waals surface area (Å²) in [6.45, 7) is 0.342. The van der Waals surface area contributed by atoms with Crippen LogP contribution in [-0.4, -0.2) is 36.8 Å². The number of carbonyl (C=O) groups is 1. The van der Waals surface area contributed by atoms with E-state index in [1.807, 2.05) is 0 Å². The molecule has 1 aliphatic heterocycles. The van der Waals surface area contributed by atoms with Crippen LogP contribution in [0.15, 0.2) is 35.1 Å². The molecule has 2 heterocycles. The summed E-state index contributed by atoms with van der Waals surface area (Å²) >= 11 is 0. The molecule has 9 heteroatoms. The summed E-state index contributed by atoms with van der Waals surface area (Å²) < 4.78 is 27.4. The Kier molecular flexibility index (Phi) is 3.67. The Hall–Kier alpha value is -2.26. The van der Waals surface area contributed by atoms with Gasteiger partial charge in [0.15, 0.2) is 0 Å². The highest BCUT2D eigenvalue weighted by Crippen LogP contribution is 2.27. The average Bonchev–Trinajstić information content (AvgIpc) is 3.07. The molecule has 1 aromatic heterocycles. The predicted molar refractivity (Wildman–Crippen MR) is 78.2 cm³/mol. The molecule has 1 aliphatic rings. The molecule has 1 fully saturated rings. The van der Waals surface area contributed by atoms with E-state index in [0.717, 1.165) is 5.56 Å². The van der Waals surface area contributed by atoms with Crippen molar-refractivity contribution >= 4 is 21.6 Å². The Balaban J connectivity index is 1.76. The van der Waals surface area contributed by atoms with Crippen molar-refractivity contribution in [3.63, 3.8) is 0 Å². The van der Waals surface area contributed by atoms with E-state index in [4.69, 9.17) is 9.56 Å². The van der Waals surface area contributed by atoms with E-state index >= 15 is 0 Å². The van der Waals surface area contributed by atoms with Gasteiger partial charge < -0.3 is 9.32 Å². The molecule has 0 spiro atoms. The number of rotatable bonds is 4. The largest absolute Gasteiger partial charge is 0.423 e. The van der Waals surface area contributed by atoms with Crippen molar-refractivity contribution in [3.05, 3.63) is 30.7 Å². The van der Waals surface area contributed by atoms with Gasteiger partial charge in [0.25, 0.3) is 0 Å². The number of nitrogens with zero attached hydrogens (tertiary/aromatic N) is 3. The summed E-state index contributed by atoms with van der Waals surface area (Å²) in [6.07, 6.45) is 1.42. The van der Waals surface area contributed by atoms with Crippen molar-refractivity contribution in [2.24, 2.45) is 11.1 Å². The zero-order chi connectivity index (χ0) is 15.7. The number of aromatic nitrogens is 2. The maximum atomic E-state index is 12.0. The van der Waals surface area contributed by atoms with Crippen LogP contribution in [0.2, 0.25) is 0 Å². The van der Waals surface area contributed by atoms with Crippen LogP contribution in [0.1, 0.15) is 6.42 Å². The van der Waals surface area contributed by atoms with Gasteiger partial charge in [0.05, 0.1) is 5.75 Å². The van der Waals surface area contributed by atoms with Crippen molar-refractivity contribution in [1.82, 2.24) is 10.2 Å². The van der Waals surface area contributed by atoms with Crippen LogP contribution in [-0.2, 0) is 14.8 Å². The fourth-order valence-corrected chi connectivity index (χ4v) is 3.43. The third kappa shape index (κ3) is 3.15. The molecule has 0 radical (unpaired) electrons. The normalized spacial score (nSPS) is 18.9. The number of amides is 1. The van der Waals surface area contributed by atoms with Gasteiger partial charge in [-0.25, -0.2) is 13.6 Å². The van der Waals surface area contributed by atoms with E-state index in [1.54, 1.807) is 29.2 Å². The molecule has 0 bridgehead atoms. The number of benzene rings is 1. The second-order valence-corrected chi connectivity index (χ2v) is 6.85. The van der Waals surface area contributed by atoms with Crippen molar-refractivity contribution in [2.75, 3.05) is 17.2 Å². The van der Waals surface area contributed by atoms with Gasteiger partial charge in [-0.15, -0.1) is 10.2 Å². The number of anilines is 1. The highest BCUT2D eigenvalue weighted by molar-refractivity contribution is 7.89. The smallest absolute Gasteiger partial charge is 0.247 e. The molecule has 2 N–H and O–H groups in total. The first-order chi connectivity index (χ1) is 10.4. The van der Waals surface area contributed by atoms with Crippen molar-refractivity contribution < 1.29 is 17.6 Å². The third-order valence-electron chi connectivity index (χ3n) is 3.46. The van der Waals surface area contributed by atoms with Crippen LogP contribution >= 0.6 is 0 Å². The molecular weight excluding hydrogens is 308 g/mol. The second-order valence-electron chi connectivity index (χ2n) is 5.19. The lowest BCUT2D eigenvalue weighted by molar-refractivity contribution is -0.117. The molecule has 116 valence electrons. The highest BCUT2D eigenvalue weighted by Gasteiger charge is 2.32. The summed E-state index contributed by atoms with van der Waals surface area (Å²) in [4.78, 5) is 13.6. The van der Waals surface area contributed by atoms with Crippen LogP contribution in [0.25, 0.3) is 11.5 Å². The standard InChI is InChI=1S/C13H14N4O4S/c14-22(19,20)7-9-5-12(18)17(6-9)11-3-1-10(2-4-11)13-16-15-8-21-13/h1-4,8-9H,5-7H2,(H2,14,19,20). The average molecular weight is 322 g/mol. The van der Waals surface area contributed by atoms with Gasteiger partial charge in [0.2, 0.25) is 28.2 Å². The molecular formula is C13H14N4O4S. The van der Waals surface area contributed by atoms with E-state index in [9.17, 15) is 13.2 Å². The first kappa shape index (κ1) is 14.7. The number of hydrogen-bond acceptors (Lipinski definition) is 6. The zero-order valence-electron chi connectivity index (χ0n) is 11.5. The molecule has 22 heavy (non-hydrogen) atoms. The number of carbonyl (C=O) groups excluding carboxylic acids is 1.